The lowest BCUT2D eigenvalue weighted by atomic mass is 10.1. The number of thioether (sulfide) groups is 1. The lowest BCUT2D eigenvalue weighted by Gasteiger charge is -2.12. The first-order chi connectivity index (χ1) is 11.6. The van der Waals surface area contributed by atoms with E-state index in [1.807, 2.05) is 12.3 Å². The molecule has 4 nitrogen and oxygen atoms in total. The topological polar surface area (TPSA) is 58.2 Å². The maximum atomic E-state index is 12.5. The first-order valence-electron chi connectivity index (χ1n) is 7.20. The first kappa shape index (κ1) is 18.1. The van der Waals surface area contributed by atoms with Gasteiger partial charge in [0.25, 0.3) is 11.8 Å². The fourth-order valence-corrected chi connectivity index (χ4v) is 2.69. The molecule has 6 heteroatoms. The third-order valence-corrected chi connectivity index (χ3v) is 4.30. The molecule has 2 amide bonds. The van der Waals surface area contributed by atoms with Crippen molar-refractivity contribution in [2.24, 2.45) is 0 Å². The normalized spacial score (nSPS) is 10.1. The SMILES string of the molecule is C=CCNC(=O)c1ccccc1NC(=O)c1cc(SC)ccc1Cl. The van der Waals surface area contributed by atoms with Gasteiger partial charge in [-0.15, -0.1) is 18.3 Å². The summed E-state index contributed by atoms with van der Waals surface area (Å²) in [5, 5.41) is 5.81. The summed E-state index contributed by atoms with van der Waals surface area (Å²) in [6, 6.07) is 12.1. The van der Waals surface area contributed by atoms with E-state index in [1.54, 1.807) is 42.5 Å². The third kappa shape index (κ3) is 4.40. The quantitative estimate of drug-likeness (QED) is 0.598. The predicted octanol–water partition coefficient (Wildman–Crippen LogP) is 4.23. The zero-order valence-corrected chi connectivity index (χ0v) is 14.7. The van der Waals surface area contributed by atoms with Crippen LogP contribution in [0.4, 0.5) is 5.69 Å². The average molecular weight is 361 g/mol. The predicted molar refractivity (Wildman–Crippen MR) is 100 cm³/mol. The molecule has 0 radical (unpaired) electrons. The van der Waals surface area contributed by atoms with Crippen molar-refractivity contribution in [2.75, 3.05) is 18.1 Å². The van der Waals surface area contributed by atoms with Gasteiger partial charge in [-0.3, -0.25) is 9.59 Å². The van der Waals surface area contributed by atoms with E-state index in [-0.39, 0.29) is 11.8 Å². The number of rotatable bonds is 6. The molecule has 0 saturated heterocycles. The summed E-state index contributed by atoms with van der Waals surface area (Å²) in [6.07, 6.45) is 3.51. The van der Waals surface area contributed by atoms with Gasteiger partial charge in [0.2, 0.25) is 0 Å². The van der Waals surface area contributed by atoms with E-state index >= 15 is 0 Å². The second-order valence-electron chi connectivity index (χ2n) is 4.84. The van der Waals surface area contributed by atoms with Crippen molar-refractivity contribution in [3.63, 3.8) is 0 Å². The molecule has 0 aromatic heterocycles. The van der Waals surface area contributed by atoms with Crippen molar-refractivity contribution in [1.29, 1.82) is 0 Å². The second kappa shape index (κ2) is 8.57. The Morgan fingerprint density at radius 2 is 1.92 bits per heavy atom. The van der Waals surface area contributed by atoms with Gasteiger partial charge in [-0.2, -0.15) is 0 Å². The van der Waals surface area contributed by atoms with Crippen LogP contribution in [0.2, 0.25) is 5.02 Å². The molecular formula is C18H17ClN2O2S. The van der Waals surface area contributed by atoms with Crippen LogP contribution >= 0.6 is 23.4 Å². The molecule has 0 aliphatic carbocycles. The van der Waals surface area contributed by atoms with E-state index in [0.717, 1.165) is 4.90 Å². The van der Waals surface area contributed by atoms with Crippen LogP contribution in [-0.2, 0) is 0 Å². The lowest BCUT2D eigenvalue weighted by molar-refractivity contribution is 0.0959. The molecule has 2 aromatic rings. The summed E-state index contributed by atoms with van der Waals surface area (Å²) in [5.41, 5.74) is 1.17. The van der Waals surface area contributed by atoms with Crippen LogP contribution in [0.15, 0.2) is 60.0 Å². The van der Waals surface area contributed by atoms with Gasteiger partial charge in [-0.1, -0.05) is 29.8 Å². The van der Waals surface area contributed by atoms with E-state index in [2.05, 4.69) is 17.2 Å². The molecule has 0 bridgehead atoms. The Morgan fingerprint density at radius 1 is 1.17 bits per heavy atom. The standard InChI is InChI=1S/C18H17ClN2O2S/c1-3-10-20-17(22)13-6-4-5-7-16(13)21-18(23)14-11-12(24-2)8-9-15(14)19/h3-9,11H,1,10H2,2H3,(H,20,22)(H,21,23). The number of carbonyl (C=O) groups excluding carboxylic acids is 2. The number of para-hydroxylation sites is 1. The molecule has 2 N–H and O–H groups in total. The molecule has 0 heterocycles. The first-order valence-corrected chi connectivity index (χ1v) is 8.80. The molecule has 2 aromatic carbocycles. The van der Waals surface area contributed by atoms with Crippen LogP contribution in [-0.4, -0.2) is 24.6 Å². The monoisotopic (exact) mass is 360 g/mol. The van der Waals surface area contributed by atoms with Crippen LogP contribution in [0.5, 0.6) is 0 Å². The van der Waals surface area contributed by atoms with E-state index in [4.69, 9.17) is 11.6 Å². The molecule has 0 spiro atoms. The summed E-state index contributed by atoms with van der Waals surface area (Å²) >= 11 is 7.65. The number of nitrogens with one attached hydrogen (secondary N) is 2. The van der Waals surface area contributed by atoms with Gasteiger partial charge in [0.05, 0.1) is 21.8 Å². The number of halogens is 1. The number of hydrogen-bond donors (Lipinski definition) is 2. The molecule has 0 saturated carbocycles. The van der Waals surface area contributed by atoms with E-state index in [0.29, 0.717) is 28.4 Å². The number of anilines is 1. The minimum Gasteiger partial charge on any atom is -0.349 e. The summed E-state index contributed by atoms with van der Waals surface area (Å²) in [7, 11) is 0. The fraction of sp³-hybridized carbons (Fsp3) is 0.111. The van der Waals surface area contributed by atoms with Crippen molar-refractivity contribution in [3.8, 4) is 0 Å². The molecule has 24 heavy (non-hydrogen) atoms. The van der Waals surface area contributed by atoms with Crippen LogP contribution in [0.3, 0.4) is 0 Å². The number of carbonyl (C=O) groups is 2. The smallest absolute Gasteiger partial charge is 0.257 e. The van der Waals surface area contributed by atoms with Gasteiger partial charge >= 0.3 is 0 Å². The van der Waals surface area contributed by atoms with Crippen LogP contribution in [0.1, 0.15) is 20.7 Å². The third-order valence-electron chi connectivity index (χ3n) is 3.25. The van der Waals surface area contributed by atoms with Crippen molar-refractivity contribution >= 4 is 40.9 Å². The Hall–Kier alpha value is -2.24. The van der Waals surface area contributed by atoms with E-state index < -0.39 is 0 Å². The van der Waals surface area contributed by atoms with E-state index in [1.165, 1.54) is 11.8 Å². The van der Waals surface area contributed by atoms with Gasteiger partial charge < -0.3 is 10.6 Å². The highest BCUT2D eigenvalue weighted by atomic mass is 35.5. The molecule has 2 rings (SSSR count). The Kier molecular flexibility index (Phi) is 6.46. The minimum absolute atomic E-state index is 0.283. The van der Waals surface area contributed by atoms with Gasteiger partial charge in [-0.05, 0) is 36.6 Å². The lowest BCUT2D eigenvalue weighted by Crippen LogP contribution is -2.25. The van der Waals surface area contributed by atoms with Gasteiger partial charge in [0.1, 0.15) is 0 Å². The number of hydrogen-bond acceptors (Lipinski definition) is 3. The Morgan fingerprint density at radius 3 is 2.62 bits per heavy atom. The molecular weight excluding hydrogens is 344 g/mol. The van der Waals surface area contributed by atoms with Crippen molar-refractivity contribution in [2.45, 2.75) is 4.90 Å². The van der Waals surface area contributed by atoms with Gasteiger partial charge in [0.15, 0.2) is 0 Å². The summed E-state index contributed by atoms with van der Waals surface area (Å²) in [5.74, 6) is -0.644. The van der Waals surface area contributed by atoms with Crippen molar-refractivity contribution in [3.05, 3.63) is 71.3 Å². The summed E-state index contributed by atoms with van der Waals surface area (Å²) in [6.45, 7) is 3.91. The minimum atomic E-state index is -0.361. The van der Waals surface area contributed by atoms with Crippen molar-refractivity contribution < 1.29 is 9.59 Å². The summed E-state index contributed by atoms with van der Waals surface area (Å²) in [4.78, 5) is 25.6. The number of benzene rings is 2. The van der Waals surface area contributed by atoms with Gasteiger partial charge in [0, 0.05) is 11.4 Å². The molecule has 124 valence electrons. The maximum absolute atomic E-state index is 12.5. The zero-order valence-electron chi connectivity index (χ0n) is 13.1. The van der Waals surface area contributed by atoms with Crippen LogP contribution in [0, 0.1) is 0 Å². The molecule has 0 aliphatic heterocycles. The maximum Gasteiger partial charge on any atom is 0.257 e. The average Bonchev–Trinajstić information content (AvgIpc) is 2.60. The highest BCUT2D eigenvalue weighted by Gasteiger charge is 2.16. The highest BCUT2D eigenvalue weighted by Crippen LogP contribution is 2.24. The molecule has 0 aliphatic rings. The second-order valence-corrected chi connectivity index (χ2v) is 6.13. The van der Waals surface area contributed by atoms with Gasteiger partial charge in [-0.25, -0.2) is 0 Å². The molecule has 0 atom stereocenters. The zero-order chi connectivity index (χ0) is 17.5. The molecule has 0 fully saturated rings. The van der Waals surface area contributed by atoms with Crippen molar-refractivity contribution in [1.82, 2.24) is 5.32 Å². The fourth-order valence-electron chi connectivity index (χ4n) is 2.05. The van der Waals surface area contributed by atoms with E-state index in [9.17, 15) is 9.59 Å². The van der Waals surface area contributed by atoms with Crippen LogP contribution < -0.4 is 10.6 Å². The number of amides is 2. The Bertz CT molecular complexity index is 777. The Balaban J connectivity index is 2.26. The highest BCUT2D eigenvalue weighted by molar-refractivity contribution is 7.98. The molecule has 0 unspecified atom stereocenters. The summed E-state index contributed by atoms with van der Waals surface area (Å²) < 4.78 is 0. The Labute approximate surface area is 150 Å². The van der Waals surface area contributed by atoms with Crippen LogP contribution in [0.25, 0.3) is 0 Å². The largest absolute Gasteiger partial charge is 0.349 e.